The number of ether oxygens (including phenoxy) is 1. The Labute approximate surface area is 460 Å². The van der Waals surface area contributed by atoms with Crippen molar-refractivity contribution in [3.05, 3.63) is 198 Å². The van der Waals surface area contributed by atoms with E-state index >= 15 is 0 Å². The van der Waals surface area contributed by atoms with Crippen molar-refractivity contribution in [3.8, 4) is 11.5 Å². The van der Waals surface area contributed by atoms with Gasteiger partial charge in [-0.25, -0.2) is 19.6 Å². The van der Waals surface area contributed by atoms with E-state index in [9.17, 15) is 38.4 Å². The topological polar surface area (TPSA) is 159 Å². The molecule has 4 aliphatic rings. The predicted molar refractivity (Wildman–Crippen MR) is 305 cm³/mol. The number of carbonyl (C=O) groups excluding carboxylic acids is 8. The summed E-state index contributed by atoms with van der Waals surface area (Å²) in [5, 5.41) is 0. The largest absolute Gasteiger partial charge is 0.457 e. The molecule has 4 heterocycles. The lowest BCUT2D eigenvalue weighted by molar-refractivity contribution is -0.121. The molecule has 8 amide bonds. The highest BCUT2D eigenvalue weighted by Crippen LogP contribution is 2.41. The minimum absolute atomic E-state index is 0.183. The highest BCUT2D eigenvalue weighted by molar-refractivity contribution is 6.36. The monoisotopic (exact) mass is 1050 g/mol. The molecule has 400 valence electrons. The van der Waals surface area contributed by atoms with Crippen LogP contribution < -0.4 is 24.3 Å². The van der Waals surface area contributed by atoms with Crippen LogP contribution in [0.25, 0.3) is 0 Å². The Kier molecular flexibility index (Phi) is 14.6. The van der Waals surface area contributed by atoms with Gasteiger partial charge in [-0.2, -0.15) is 0 Å². The highest BCUT2D eigenvalue weighted by atomic mass is 16.5. The first-order valence-electron chi connectivity index (χ1n) is 27.5. The Morgan fingerprint density at radius 2 is 0.519 bits per heavy atom. The number of hydrogen-bond acceptors (Lipinski definition) is 9. The van der Waals surface area contributed by atoms with Crippen molar-refractivity contribution < 1.29 is 43.1 Å². The van der Waals surface area contributed by atoms with E-state index in [1.165, 1.54) is 43.9 Å². The summed E-state index contributed by atoms with van der Waals surface area (Å²) >= 11 is 0. The van der Waals surface area contributed by atoms with E-state index in [0.29, 0.717) is 87.0 Å². The summed E-state index contributed by atoms with van der Waals surface area (Å²) in [4.78, 5) is 114. The summed E-state index contributed by atoms with van der Waals surface area (Å²) < 4.78 is 6.32. The number of imide groups is 4. The van der Waals surface area contributed by atoms with Gasteiger partial charge in [0.15, 0.2) is 0 Å². The number of carbonyl (C=O) groups is 8. The Hall–Kier alpha value is -8.84. The van der Waals surface area contributed by atoms with Gasteiger partial charge in [0.1, 0.15) is 11.5 Å². The molecule has 6 aromatic rings. The van der Waals surface area contributed by atoms with Crippen LogP contribution in [-0.4, -0.2) is 47.3 Å². The normalized spacial score (nSPS) is 14.8. The second kappa shape index (κ2) is 21.5. The number of anilines is 4. The molecule has 0 radical (unpaired) electrons. The molecule has 79 heavy (non-hydrogen) atoms. The van der Waals surface area contributed by atoms with Crippen molar-refractivity contribution in [2.75, 3.05) is 19.6 Å². The first-order valence-corrected chi connectivity index (χ1v) is 27.5. The van der Waals surface area contributed by atoms with E-state index in [-0.39, 0.29) is 57.4 Å². The van der Waals surface area contributed by atoms with Crippen molar-refractivity contribution in [2.24, 2.45) is 0 Å². The molecular formula is C66H62N4O9. The average molecular weight is 1060 g/mol. The summed E-state index contributed by atoms with van der Waals surface area (Å²) in [5.74, 6) is -2.67. The molecule has 0 fully saturated rings. The highest BCUT2D eigenvalue weighted by Gasteiger charge is 2.41. The fourth-order valence-electron chi connectivity index (χ4n) is 11.9. The fraction of sp³-hybridized carbons (Fsp3) is 0.273. The van der Waals surface area contributed by atoms with Gasteiger partial charge in [-0.1, -0.05) is 104 Å². The van der Waals surface area contributed by atoms with Crippen molar-refractivity contribution in [2.45, 2.75) is 120 Å². The molecule has 0 unspecified atom stereocenters. The van der Waals surface area contributed by atoms with Gasteiger partial charge in [0.2, 0.25) is 0 Å². The van der Waals surface area contributed by atoms with Gasteiger partial charge >= 0.3 is 0 Å². The van der Waals surface area contributed by atoms with E-state index in [4.69, 9.17) is 4.74 Å². The van der Waals surface area contributed by atoms with Gasteiger partial charge in [0.05, 0.1) is 45.0 Å². The van der Waals surface area contributed by atoms with Crippen LogP contribution in [0.2, 0.25) is 0 Å². The van der Waals surface area contributed by atoms with Gasteiger partial charge in [0.25, 0.3) is 47.3 Å². The molecule has 6 aromatic carbocycles. The van der Waals surface area contributed by atoms with Crippen LogP contribution in [0.15, 0.2) is 109 Å². The van der Waals surface area contributed by atoms with Crippen LogP contribution in [0.5, 0.6) is 11.5 Å². The minimum atomic E-state index is -0.478. The quantitative estimate of drug-likeness (QED) is 0.0764. The third kappa shape index (κ3) is 9.30. The van der Waals surface area contributed by atoms with Crippen molar-refractivity contribution in [1.29, 1.82) is 0 Å². The fourth-order valence-corrected chi connectivity index (χ4v) is 11.9. The van der Waals surface area contributed by atoms with E-state index in [2.05, 4.69) is 24.3 Å². The molecule has 0 aromatic heterocycles. The maximum Gasteiger partial charge on any atom is 0.266 e. The molecule has 13 nitrogen and oxygen atoms in total. The van der Waals surface area contributed by atoms with Crippen LogP contribution in [0, 0.1) is 0 Å². The molecule has 0 bridgehead atoms. The van der Waals surface area contributed by atoms with Gasteiger partial charge in [0, 0.05) is 24.3 Å². The third-order valence-electron chi connectivity index (χ3n) is 15.6. The number of benzene rings is 6. The van der Waals surface area contributed by atoms with Gasteiger partial charge < -0.3 is 4.74 Å². The van der Waals surface area contributed by atoms with Crippen LogP contribution in [0.4, 0.5) is 22.7 Å². The maximum atomic E-state index is 14.5. The molecule has 13 heteroatoms. The summed E-state index contributed by atoms with van der Waals surface area (Å²) in [6.07, 6.45) is 11.0. The van der Waals surface area contributed by atoms with Crippen molar-refractivity contribution >= 4 is 70.0 Å². The summed E-state index contributed by atoms with van der Waals surface area (Å²) in [6.45, 7) is 16.0. The number of hydrogen-bond donors (Lipinski definition) is 0. The Morgan fingerprint density at radius 1 is 0.291 bits per heavy atom. The molecule has 0 N–H and O–H groups in total. The zero-order chi connectivity index (χ0) is 56.1. The van der Waals surface area contributed by atoms with Gasteiger partial charge in [-0.05, 0) is 167 Å². The molecule has 4 aliphatic heterocycles. The lowest BCUT2D eigenvalue weighted by atomic mass is 9.92. The van der Waals surface area contributed by atoms with Crippen LogP contribution in [-0.2, 0) is 83.4 Å². The van der Waals surface area contributed by atoms with Crippen molar-refractivity contribution in [1.82, 2.24) is 0 Å². The molecule has 10 rings (SSSR count). The molecule has 0 spiro atoms. The van der Waals surface area contributed by atoms with Gasteiger partial charge in [-0.3, -0.25) is 38.4 Å². The Balaban J connectivity index is 0.882. The zero-order valence-corrected chi connectivity index (χ0v) is 45.9. The second-order valence-corrected chi connectivity index (χ2v) is 20.3. The van der Waals surface area contributed by atoms with Crippen LogP contribution in [0.1, 0.15) is 164 Å². The zero-order valence-electron chi connectivity index (χ0n) is 45.9. The molecule has 0 atom stereocenters. The second-order valence-electron chi connectivity index (χ2n) is 20.3. The van der Waals surface area contributed by atoms with E-state index in [1.54, 1.807) is 36.4 Å². The predicted octanol–water partition coefficient (Wildman–Crippen LogP) is 11.6. The number of nitrogens with zero attached hydrogens (tertiary/aromatic N) is 4. The lowest BCUT2D eigenvalue weighted by Gasteiger charge is -2.24. The number of amides is 8. The van der Waals surface area contributed by atoms with E-state index in [1.807, 2.05) is 79.7 Å². The van der Waals surface area contributed by atoms with E-state index in [0.717, 1.165) is 66.8 Å². The van der Waals surface area contributed by atoms with E-state index < -0.39 is 23.6 Å². The summed E-state index contributed by atoms with van der Waals surface area (Å²) in [5.41, 5.74) is 14.3. The Morgan fingerprint density at radius 3 is 0.759 bits per heavy atom. The Bertz CT molecular complexity index is 3350. The smallest absolute Gasteiger partial charge is 0.266 e. The first-order chi connectivity index (χ1) is 38.1. The van der Waals surface area contributed by atoms with Crippen molar-refractivity contribution in [3.63, 3.8) is 0 Å². The summed E-state index contributed by atoms with van der Waals surface area (Å²) in [6, 6.07) is 25.9. The molecule has 0 saturated carbocycles. The minimum Gasteiger partial charge on any atom is -0.457 e. The number of aryl methyl sites for hydroxylation is 8. The molecular weight excluding hydrogens is 993 g/mol. The average Bonchev–Trinajstić information content (AvgIpc) is 4.26. The maximum absolute atomic E-state index is 14.5. The number of fused-ring (bicyclic) bond motifs is 2. The van der Waals surface area contributed by atoms with Crippen LogP contribution >= 0.6 is 0 Å². The standard InChI is InChI=1S/C66H62N4O9/c1-9-41-27-37(28-42(10-2)59(41)67-55(71)21-22-56(67)72)25-39-31-45(13-5)61(46(14-6)32-39)69-63(75)51-19-17-49(35-53(51)65(69)77)79-50-18-20-52-54(36-50)66(78)70(64(52)76)62-47(15-7)33-40(34-48(62)16-8)26-38-29-43(11-3)60(44(12-4)30-38)68-57(73)23-24-58(68)74/h17-24,27-36H,9-16,25-26H2,1-8H3. The lowest BCUT2D eigenvalue weighted by Crippen LogP contribution is -2.31. The first kappa shape index (κ1) is 53.6. The molecule has 0 saturated heterocycles. The molecule has 0 aliphatic carbocycles. The number of rotatable bonds is 18. The third-order valence-corrected chi connectivity index (χ3v) is 15.6. The van der Waals surface area contributed by atoms with Crippen LogP contribution in [0.3, 0.4) is 0 Å². The SMILES string of the molecule is CCc1cc(Cc2cc(CC)c(N3C(=O)c4ccc(Oc5ccc6c(c5)C(=O)N(c5c(CC)cc(Cc7cc(CC)c(N8C(=O)C=CC8=O)c(CC)c7)cc5CC)C6=O)cc4C3=O)c(CC)c2)cc(CC)c1N1C(=O)C=CC1=O. The summed E-state index contributed by atoms with van der Waals surface area (Å²) in [7, 11) is 0. The van der Waals surface area contributed by atoms with Gasteiger partial charge in [-0.15, -0.1) is 0 Å².